The van der Waals surface area contributed by atoms with E-state index in [9.17, 15) is 13.6 Å². The van der Waals surface area contributed by atoms with Gasteiger partial charge in [-0.3, -0.25) is 9.20 Å². The van der Waals surface area contributed by atoms with E-state index >= 15 is 0 Å². The molecule has 0 aliphatic rings. The SMILES string of the molecule is CCc1nc2c(C)cccn2c1C(=O)Nc1c(F)cccc1F. The minimum atomic E-state index is -0.818. The maximum atomic E-state index is 13.7. The number of benzene rings is 1. The topological polar surface area (TPSA) is 46.4 Å². The molecule has 0 radical (unpaired) electrons. The number of nitrogens with one attached hydrogen (secondary N) is 1. The van der Waals surface area contributed by atoms with E-state index in [2.05, 4.69) is 10.3 Å². The van der Waals surface area contributed by atoms with E-state index in [1.807, 2.05) is 19.9 Å². The van der Waals surface area contributed by atoms with Crippen LogP contribution in [-0.4, -0.2) is 15.3 Å². The summed E-state index contributed by atoms with van der Waals surface area (Å²) in [5, 5.41) is 2.32. The fraction of sp³-hybridized carbons (Fsp3) is 0.176. The molecule has 6 heteroatoms. The van der Waals surface area contributed by atoms with Crippen LogP contribution in [0.1, 0.15) is 28.7 Å². The second kappa shape index (κ2) is 5.79. The van der Waals surface area contributed by atoms with Gasteiger partial charge in [0.2, 0.25) is 0 Å². The number of nitrogens with zero attached hydrogens (tertiary/aromatic N) is 2. The van der Waals surface area contributed by atoms with Gasteiger partial charge in [-0.15, -0.1) is 0 Å². The van der Waals surface area contributed by atoms with Gasteiger partial charge in [-0.25, -0.2) is 13.8 Å². The molecule has 0 spiro atoms. The number of hydrogen-bond acceptors (Lipinski definition) is 2. The molecule has 0 atom stereocenters. The average molecular weight is 315 g/mol. The van der Waals surface area contributed by atoms with Crippen LogP contribution in [0.4, 0.5) is 14.5 Å². The molecule has 23 heavy (non-hydrogen) atoms. The second-order valence-electron chi connectivity index (χ2n) is 5.20. The summed E-state index contributed by atoms with van der Waals surface area (Å²) in [6.45, 7) is 3.76. The Kier molecular flexibility index (Phi) is 3.82. The molecule has 1 N–H and O–H groups in total. The van der Waals surface area contributed by atoms with Crippen LogP contribution in [0, 0.1) is 18.6 Å². The average Bonchev–Trinajstić information content (AvgIpc) is 2.91. The Morgan fingerprint density at radius 1 is 1.22 bits per heavy atom. The number of carbonyl (C=O) groups excluding carboxylic acids is 1. The van der Waals surface area contributed by atoms with Crippen LogP contribution >= 0.6 is 0 Å². The van der Waals surface area contributed by atoms with Crippen molar-refractivity contribution in [3.8, 4) is 0 Å². The highest BCUT2D eigenvalue weighted by molar-refractivity contribution is 6.04. The number of para-hydroxylation sites is 1. The number of aryl methyl sites for hydroxylation is 2. The Bertz CT molecular complexity index is 882. The van der Waals surface area contributed by atoms with E-state index in [4.69, 9.17) is 0 Å². The lowest BCUT2D eigenvalue weighted by atomic mass is 10.2. The van der Waals surface area contributed by atoms with Gasteiger partial charge < -0.3 is 5.32 Å². The summed E-state index contributed by atoms with van der Waals surface area (Å²) in [5.41, 5.74) is 1.98. The van der Waals surface area contributed by atoms with Crippen LogP contribution in [0.3, 0.4) is 0 Å². The van der Waals surface area contributed by atoms with Gasteiger partial charge >= 0.3 is 0 Å². The number of imidazole rings is 1. The van der Waals surface area contributed by atoms with Gasteiger partial charge in [0.1, 0.15) is 28.7 Å². The lowest BCUT2D eigenvalue weighted by Gasteiger charge is -2.08. The molecule has 4 nitrogen and oxygen atoms in total. The maximum absolute atomic E-state index is 13.7. The zero-order chi connectivity index (χ0) is 16.6. The van der Waals surface area contributed by atoms with Gasteiger partial charge in [0, 0.05) is 6.20 Å². The minimum absolute atomic E-state index is 0.286. The molecule has 118 valence electrons. The minimum Gasteiger partial charge on any atom is -0.316 e. The van der Waals surface area contributed by atoms with Crippen molar-refractivity contribution in [1.29, 1.82) is 0 Å². The van der Waals surface area contributed by atoms with Crippen molar-refractivity contribution in [3.63, 3.8) is 0 Å². The zero-order valence-electron chi connectivity index (χ0n) is 12.7. The predicted octanol–water partition coefficient (Wildman–Crippen LogP) is 3.74. The summed E-state index contributed by atoms with van der Waals surface area (Å²) < 4.78 is 29.1. The molecule has 3 rings (SSSR count). The first kappa shape index (κ1) is 15.1. The molecule has 0 aliphatic heterocycles. The van der Waals surface area contributed by atoms with Crippen molar-refractivity contribution in [2.75, 3.05) is 5.32 Å². The van der Waals surface area contributed by atoms with Gasteiger partial charge in [0.25, 0.3) is 5.91 Å². The number of amides is 1. The number of fused-ring (bicyclic) bond motifs is 1. The molecule has 0 bridgehead atoms. The summed E-state index contributed by atoms with van der Waals surface area (Å²) in [4.78, 5) is 17.0. The third-order valence-electron chi connectivity index (χ3n) is 3.67. The fourth-order valence-corrected chi connectivity index (χ4v) is 2.53. The Balaban J connectivity index is 2.09. The Morgan fingerprint density at radius 3 is 2.57 bits per heavy atom. The predicted molar refractivity (Wildman–Crippen MR) is 83.6 cm³/mol. The highest BCUT2D eigenvalue weighted by atomic mass is 19.1. The molecular weight excluding hydrogens is 300 g/mol. The van der Waals surface area contributed by atoms with Crippen molar-refractivity contribution >= 4 is 17.2 Å². The van der Waals surface area contributed by atoms with E-state index in [1.165, 1.54) is 6.07 Å². The van der Waals surface area contributed by atoms with Crippen LogP contribution in [0.15, 0.2) is 36.5 Å². The molecule has 1 aromatic carbocycles. The maximum Gasteiger partial charge on any atom is 0.274 e. The normalized spacial score (nSPS) is 11.0. The highest BCUT2D eigenvalue weighted by Crippen LogP contribution is 2.21. The quantitative estimate of drug-likeness (QED) is 0.800. The summed E-state index contributed by atoms with van der Waals surface area (Å²) in [5.74, 6) is -2.23. The summed E-state index contributed by atoms with van der Waals surface area (Å²) in [6, 6.07) is 7.12. The summed E-state index contributed by atoms with van der Waals surface area (Å²) in [6.07, 6.45) is 2.24. The largest absolute Gasteiger partial charge is 0.316 e. The van der Waals surface area contributed by atoms with Crippen molar-refractivity contribution < 1.29 is 13.6 Å². The van der Waals surface area contributed by atoms with E-state index in [-0.39, 0.29) is 5.69 Å². The number of pyridine rings is 1. The van der Waals surface area contributed by atoms with Gasteiger partial charge in [0.05, 0.1) is 5.69 Å². The smallest absolute Gasteiger partial charge is 0.274 e. The van der Waals surface area contributed by atoms with Gasteiger partial charge in [0.15, 0.2) is 0 Å². The van der Waals surface area contributed by atoms with Crippen LogP contribution < -0.4 is 5.32 Å². The van der Waals surface area contributed by atoms with E-state index in [0.717, 1.165) is 17.7 Å². The zero-order valence-corrected chi connectivity index (χ0v) is 12.7. The molecule has 2 aromatic heterocycles. The molecule has 0 aliphatic carbocycles. The second-order valence-corrected chi connectivity index (χ2v) is 5.20. The first-order valence-corrected chi connectivity index (χ1v) is 7.24. The van der Waals surface area contributed by atoms with E-state index in [0.29, 0.717) is 17.8 Å². The monoisotopic (exact) mass is 315 g/mol. The first-order valence-electron chi connectivity index (χ1n) is 7.24. The standard InChI is InChI=1S/C17H15F2N3O/c1-3-13-15(22-9-5-6-10(2)16(22)20-13)17(23)21-14-11(18)7-4-8-12(14)19/h4-9H,3H2,1-2H3,(H,21,23). The lowest BCUT2D eigenvalue weighted by Crippen LogP contribution is -2.18. The van der Waals surface area contributed by atoms with Crippen LogP contribution in [-0.2, 0) is 6.42 Å². The third kappa shape index (κ3) is 2.56. The summed E-state index contributed by atoms with van der Waals surface area (Å²) >= 11 is 0. The Morgan fingerprint density at radius 2 is 1.91 bits per heavy atom. The number of anilines is 1. The van der Waals surface area contributed by atoms with Crippen LogP contribution in [0.25, 0.3) is 5.65 Å². The van der Waals surface area contributed by atoms with Crippen molar-refractivity contribution in [2.24, 2.45) is 0 Å². The number of hydrogen-bond donors (Lipinski definition) is 1. The summed E-state index contributed by atoms with van der Waals surface area (Å²) in [7, 11) is 0. The molecule has 1 amide bonds. The fourth-order valence-electron chi connectivity index (χ4n) is 2.53. The lowest BCUT2D eigenvalue weighted by molar-refractivity contribution is 0.101. The number of carbonyl (C=O) groups is 1. The van der Waals surface area contributed by atoms with Crippen LogP contribution in [0.5, 0.6) is 0 Å². The van der Waals surface area contributed by atoms with Gasteiger partial charge in [-0.05, 0) is 37.1 Å². The van der Waals surface area contributed by atoms with Crippen LogP contribution in [0.2, 0.25) is 0 Å². The molecule has 0 unspecified atom stereocenters. The van der Waals surface area contributed by atoms with E-state index in [1.54, 1.807) is 16.7 Å². The third-order valence-corrected chi connectivity index (χ3v) is 3.67. The first-order chi connectivity index (χ1) is 11.0. The van der Waals surface area contributed by atoms with Crippen molar-refractivity contribution in [2.45, 2.75) is 20.3 Å². The Labute approximate surface area is 131 Å². The highest BCUT2D eigenvalue weighted by Gasteiger charge is 2.21. The number of halogens is 2. The number of rotatable bonds is 3. The molecule has 0 saturated heterocycles. The molecule has 0 saturated carbocycles. The Hall–Kier alpha value is -2.76. The van der Waals surface area contributed by atoms with E-state index < -0.39 is 23.2 Å². The number of aromatic nitrogens is 2. The van der Waals surface area contributed by atoms with Crippen molar-refractivity contribution in [1.82, 2.24) is 9.38 Å². The molecule has 2 heterocycles. The van der Waals surface area contributed by atoms with Crippen molar-refractivity contribution in [3.05, 3.63) is 65.1 Å². The van der Waals surface area contributed by atoms with Gasteiger partial charge in [-0.2, -0.15) is 0 Å². The molecule has 0 fully saturated rings. The molecular formula is C17H15F2N3O. The molecule has 3 aromatic rings. The van der Waals surface area contributed by atoms with Gasteiger partial charge in [-0.1, -0.05) is 19.1 Å².